The average Bonchev–Trinajstić information content (AvgIpc) is 3.46. The van der Waals surface area contributed by atoms with Gasteiger partial charge in [0, 0.05) is 37.3 Å². The van der Waals surface area contributed by atoms with Crippen LogP contribution >= 0.6 is 0 Å². The van der Waals surface area contributed by atoms with Gasteiger partial charge in [0.05, 0.1) is 12.8 Å². The van der Waals surface area contributed by atoms with Crippen LogP contribution in [0, 0.1) is 13.8 Å². The molecule has 7 nitrogen and oxygen atoms in total. The third kappa shape index (κ3) is 3.49. The zero-order valence-electron chi connectivity index (χ0n) is 16.7. The number of fused-ring (bicyclic) bond motifs is 1. The van der Waals surface area contributed by atoms with E-state index in [4.69, 9.17) is 4.42 Å². The second-order valence-electron chi connectivity index (χ2n) is 7.77. The molecule has 0 spiro atoms. The molecule has 7 heteroatoms. The fourth-order valence-corrected chi connectivity index (χ4v) is 4.12. The van der Waals surface area contributed by atoms with Crippen molar-refractivity contribution < 1.29 is 4.42 Å². The minimum atomic E-state index is 0.744. The van der Waals surface area contributed by atoms with Gasteiger partial charge in [0.1, 0.15) is 18.3 Å². The molecule has 1 aliphatic heterocycles. The molecule has 1 N–H and O–H groups in total. The summed E-state index contributed by atoms with van der Waals surface area (Å²) in [5, 5.41) is 12.0. The van der Waals surface area contributed by atoms with Crippen molar-refractivity contribution in [2.75, 3.05) is 6.54 Å². The van der Waals surface area contributed by atoms with Crippen molar-refractivity contribution in [1.29, 1.82) is 0 Å². The lowest BCUT2D eigenvalue weighted by atomic mass is 9.98. The number of hydrogen-bond donors (Lipinski definition) is 1. The summed E-state index contributed by atoms with van der Waals surface area (Å²) in [5.41, 5.74) is 8.67. The van der Waals surface area contributed by atoms with E-state index in [9.17, 15) is 0 Å². The van der Waals surface area contributed by atoms with Gasteiger partial charge < -0.3 is 4.42 Å². The van der Waals surface area contributed by atoms with Gasteiger partial charge in [0.25, 0.3) is 0 Å². The second-order valence-corrected chi connectivity index (χ2v) is 7.77. The Morgan fingerprint density at radius 1 is 1.14 bits per heavy atom. The summed E-state index contributed by atoms with van der Waals surface area (Å²) in [6.45, 7) is 7.90. The fourth-order valence-electron chi connectivity index (χ4n) is 4.12. The first-order chi connectivity index (χ1) is 14.2. The Balaban J connectivity index is 1.38. The largest absolute Gasteiger partial charge is 0.463 e. The first kappa shape index (κ1) is 17.9. The molecule has 0 atom stereocenters. The molecule has 3 aromatic heterocycles. The van der Waals surface area contributed by atoms with Crippen molar-refractivity contribution in [3.05, 3.63) is 76.7 Å². The highest BCUT2D eigenvalue weighted by atomic mass is 16.3. The van der Waals surface area contributed by atoms with Gasteiger partial charge in [-0.2, -0.15) is 10.2 Å². The summed E-state index contributed by atoms with van der Waals surface area (Å²) >= 11 is 0. The Morgan fingerprint density at radius 3 is 2.76 bits per heavy atom. The number of furan rings is 1. The number of rotatable bonds is 5. The minimum absolute atomic E-state index is 0.744. The van der Waals surface area contributed by atoms with Gasteiger partial charge in [-0.15, -0.1) is 0 Å². The molecule has 5 rings (SSSR count). The number of aryl methyl sites for hydroxylation is 2. The van der Waals surface area contributed by atoms with Crippen molar-refractivity contribution in [2.24, 2.45) is 0 Å². The van der Waals surface area contributed by atoms with Gasteiger partial charge in [0.2, 0.25) is 0 Å². The molecule has 0 bridgehead atoms. The van der Waals surface area contributed by atoms with Crippen LogP contribution < -0.4 is 0 Å². The van der Waals surface area contributed by atoms with Gasteiger partial charge in [-0.1, -0.05) is 12.1 Å². The summed E-state index contributed by atoms with van der Waals surface area (Å²) in [5.74, 6) is 0.825. The Labute approximate surface area is 169 Å². The fraction of sp³-hybridized carbons (Fsp3) is 0.318. The number of benzene rings is 1. The maximum atomic E-state index is 5.58. The number of aromatic nitrogens is 5. The van der Waals surface area contributed by atoms with Crippen LogP contribution in [0.5, 0.6) is 0 Å². The molecule has 0 radical (unpaired) electrons. The molecule has 148 valence electrons. The number of H-pyrrole nitrogens is 1. The van der Waals surface area contributed by atoms with Gasteiger partial charge in [0.15, 0.2) is 5.76 Å². The molecule has 0 fully saturated rings. The summed E-state index contributed by atoms with van der Waals surface area (Å²) in [6.07, 6.45) is 6.01. The molecule has 0 amide bonds. The highest BCUT2D eigenvalue weighted by Gasteiger charge is 2.24. The highest BCUT2D eigenvalue weighted by Crippen LogP contribution is 2.30. The van der Waals surface area contributed by atoms with Crippen molar-refractivity contribution in [3.63, 3.8) is 0 Å². The zero-order chi connectivity index (χ0) is 19.8. The maximum absolute atomic E-state index is 5.58. The topological polar surface area (TPSA) is 75.8 Å². The van der Waals surface area contributed by atoms with E-state index >= 15 is 0 Å². The van der Waals surface area contributed by atoms with Crippen LogP contribution in [0.25, 0.3) is 11.5 Å². The quantitative estimate of drug-likeness (QED) is 0.566. The van der Waals surface area contributed by atoms with Crippen LogP contribution in [0.4, 0.5) is 0 Å². The average molecular weight is 388 g/mol. The third-order valence-corrected chi connectivity index (χ3v) is 5.75. The third-order valence-electron chi connectivity index (χ3n) is 5.75. The standard InChI is InChI=1S/C22H24N6O/c1-15-8-16(2)18(11-28-14-23-13-24-28)9-17(15)10-27-6-5-20-19(12-27)22(26-25-20)21-4-3-7-29-21/h3-4,7-9,13-14H,5-6,10-12H2,1-2H3,(H,25,26). The molecule has 4 aromatic rings. The van der Waals surface area contributed by atoms with E-state index in [1.54, 1.807) is 18.9 Å². The first-order valence-corrected chi connectivity index (χ1v) is 9.91. The lowest BCUT2D eigenvalue weighted by Gasteiger charge is -2.28. The normalized spacial score (nSPS) is 14.3. The van der Waals surface area contributed by atoms with E-state index in [0.29, 0.717) is 0 Å². The summed E-state index contributed by atoms with van der Waals surface area (Å²) in [4.78, 5) is 6.54. The molecule has 0 aliphatic carbocycles. The molecule has 1 aromatic carbocycles. The molecule has 29 heavy (non-hydrogen) atoms. The lowest BCUT2D eigenvalue weighted by molar-refractivity contribution is 0.244. The van der Waals surface area contributed by atoms with Crippen LogP contribution in [0.15, 0.2) is 47.6 Å². The Morgan fingerprint density at radius 2 is 2.00 bits per heavy atom. The molecular formula is C22H24N6O. The SMILES string of the molecule is Cc1cc(C)c(Cn2cncn2)cc1CN1CCc2[nH]nc(-c3ccco3)c2C1. The van der Waals surface area contributed by atoms with Gasteiger partial charge in [-0.3, -0.25) is 10.00 Å². The van der Waals surface area contributed by atoms with E-state index in [0.717, 1.165) is 44.1 Å². The maximum Gasteiger partial charge on any atom is 0.154 e. The van der Waals surface area contributed by atoms with E-state index < -0.39 is 0 Å². The van der Waals surface area contributed by atoms with Gasteiger partial charge in [-0.25, -0.2) is 9.67 Å². The number of aromatic amines is 1. The van der Waals surface area contributed by atoms with Gasteiger partial charge >= 0.3 is 0 Å². The molecule has 1 aliphatic rings. The van der Waals surface area contributed by atoms with Crippen LogP contribution in [0.1, 0.15) is 33.5 Å². The van der Waals surface area contributed by atoms with Crippen LogP contribution in [-0.4, -0.2) is 36.4 Å². The Hall–Kier alpha value is -3.19. The van der Waals surface area contributed by atoms with E-state index in [1.807, 2.05) is 16.8 Å². The first-order valence-electron chi connectivity index (χ1n) is 9.91. The molecule has 0 saturated carbocycles. The summed E-state index contributed by atoms with van der Waals surface area (Å²) < 4.78 is 7.45. The smallest absolute Gasteiger partial charge is 0.154 e. The highest BCUT2D eigenvalue weighted by molar-refractivity contribution is 5.58. The second kappa shape index (κ2) is 7.33. The Kier molecular flexibility index (Phi) is 4.52. The number of nitrogens with one attached hydrogen (secondary N) is 1. The lowest BCUT2D eigenvalue weighted by Crippen LogP contribution is -2.30. The molecule has 4 heterocycles. The minimum Gasteiger partial charge on any atom is -0.463 e. The van der Waals surface area contributed by atoms with E-state index in [-0.39, 0.29) is 0 Å². The summed E-state index contributed by atoms with van der Waals surface area (Å²) in [6, 6.07) is 8.48. The molecule has 0 unspecified atom stereocenters. The predicted molar refractivity (Wildman–Crippen MR) is 109 cm³/mol. The van der Waals surface area contributed by atoms with Crippen LogP contribution in [0.2, 0.25) is 0 Å². The van der Waals surface area contributed by atoms with Crippen molar-refractivity contribution in [2.45, 2.75) is 39.9 Å². The van der Waals surface area contributed by atoms with Gasteiger partial charge in [-0.05, 0) is 48.2 Å². The number of hydrogen-bond acceptors (Lipinski definition) is 5. The monoisotopic (exact) mass is 388 g/mol. The van der Waals surface area contributed by atoms with Crippen molar-refractivity contribution >= 4 is 0 Å². The van der Waals surface area contributed by atoms with E-state index in [1.165, 1.54) is 33.5 Å². The van der Waals surface area contributed by atoms with Crippen LogP contribution in [-0.2, 0) is 26.1 Å². The summed E-state index contributed by atoms with van der Waals surface area (Å²) in [7, 11) is 0. The zero-order valence-corrected chi connectivity index (χ0v) is 16.7. The van der Waals surface area contributed by atoms with Crippen LogP contribution in [0.3, 0.4) is 0 Å². The molecule has 0 saturated heterocycles. The van der Waals surface area contributed by atoms with Crippen molar-refractivity contribution in [3.8, 4) is 11.5 Å². The molecular weight excluding hydrogens is 364 g/mol. The Bertz CT molecular complexity index is 1110. The van der Waals surface area contributed by atoms with E-state index in [2.05, 4.69) is 51.2 Å². The number of nitrogens with zero attached hydrogens (tertiary/aromatic N) is 5. The van der Waals surface area contributed by atoms with Crippen molar-refractivity contribution in [1.82, 2.24) is 29.9 Å². The predicted octanol–water partition coefficient (Wildman–Crippen LogP) is 3.48.